The van der Waals surface area contributed by atoms with Gasteiger partial charge in [-0.1, -0.05) is 11.6 Å². The number of aromatic nitrogens is 2. The Morgan fingerprint density at radius 3 is 2.49 bits per heavy atom. The lowest BCUT2D eigenvalue weighted by Gasteiger charge is -2.34. The Balaban J connectivity index is 0.00000112. The van der Waals surface area contributed by atoms with Crippen LogP contribution in [0, 0.1) is 5.92 Å². The number of hydrogen-bond acceptors (Lipinski definition) is 5. The van der Waals surface area contributed by atoms with Gasteiger partial charge in [0.15, 0.2) is 0 Å². The number of rotatable bonds is 7. The summed E-state index contributed by atoms with van der Waals surface area (Å²) in [5.74, 6) is 0.988. The van der Waals surface area contributed by atoms with Crippen molar-refractivity contribution in [2.45, 2.75) is 31.6 Å². The smallest absolute Gasteiger partial charge is 0.317 e. The number of halogens is 1. The maximum Gasteiger partial charge on any atom is 0.317 e. The number of carbonyl (C=O) groups excluding carboxylic acids is 1. The first kappa shape index (κ1) is 28.9. The molecule has 4 heterocycles. The van der Waals surface area contributed by atoms with E-state index in [2.05, 4.69) is 32.0 Å². The van der Waals surface area contributed by atoms with Crippen molar-refractivity contribution in [2.75, 3.05) is 53.0 Å². The van der Waals surface area contributed by atoms with Crippen LogP contribution in [0.2, 0.25) is 5.02 Å². The molecule has 0 bridgehead atoms. The van der Waals surface area contributed by atoms with Gasteiger partial charge in [0.2, 0.25) is 0 Å². The van der Waals surface area contributed by atoms with Gasteiger partial charge >= 0.3 is 6.03 Å². The van der Waals surface area contributed by atoms with Crippen molar-refractivity contribution in [3.63, 3.8) is 0 Å². The van der Waals surface area contributed by atoms with Crippen LogP contribution in [0.5, 0.6) is 0 Å². The zero-order valence-electron chi connectivity index (χ0n) is 22.5. The number of pyridine rings is 1. The number of carbonyl (C=O) groups is 2. The molecule has 2 saturated heterocycles. The zero-order valence-corrected chi connectivity index (χ0v) is 23.2. The summed E-state index contributed by atoms with van der Waals surface area (Å²) in [5.41, 5.74) is 3.51. The van der Waals surface area contributed by atoms with Gasteiger partial charge in [-0.2, -0.15) is 0 Å². The van der Waals surface area contributed by atoms with Gasteiger partial charge in [0.05, 0.1) is 18.3 Å². The Hall–Kier alpha value is -3.14. The monoisotopic (exact) mass is 555 g/mol. The molecule has 0 atom stereocenters. The van der Waals surface area contributed by atoms with E-state index in [0.29, 0.717) is 11.8 Å². The molecule has 210 valence electrons. The second kappa shape index (κ2) is 14.3. The zero-order chi connectivity index (χ0) is 27.6. The van der Waals surface area contributed by atoms with E-state index in [0.717, 1.165) is 87.8 Å². The van der Waals surface area contributed by atoms with Gasteiger partial charge < -0.3 is 29.5 Å². The Morgan fingerprint density at radius 2 is 1.82 bits per heavy atom. The number of benzene rings is 1. The second-order valence-corrected chi connectivity index (χ2v) is 10.6. The third-order valence-electron chi connectivity index (χ3n) is 7.83. The molecule has 0 saturated carbocycles. The Bertz CT molecular complexity index is 1200. The van der Waals surface area contributed by atoms with E-state index in [-0.39, 0.29) is 12.5 Å². The van der Waals surface area contributed by atoms with Crippen LogP contribution in [0.4, 0.5) is 4.79 Å². The van der Waals surface area contributed by atoms with Crippen molar-refractivity contribution < 1.29 is 19.4 Å². The molecule has 0 spiro atoms. The summed E-state index contributed by atoms with van der Waals surface area (Å²) in [6.45, 7) is 6.06. The lowest BCUT2D eigenvalue weighted by atomic mass is 9.89. The molecular weight excluding hydrogens is 518 g/mol. The summed E-state index contributed by atoms with van der Waals surface area (Å²) < 4.78 is 7.39. The number of carboxylic acid groups (broad SMARTS) is 1. The van der Waals surface area contributed by atoms with Crippen LogP contribution < -0.4 is 5.32 Å². The molecule has 0 radical (unpaired) electrons. The number of likely N-dealkylation sites (tertiary alicyclic amines) is 2. The Morgan fingerprint density at radius 1 is 1.13 bits per heavy atom. The largest absolute Gasteiger partial charge is 0.483 e. The average molecular weight is 556 g/mol. The minimum Gasteiger partial charge on any atom is -0.483 e. The summed E-state index contributed by atoms with van der Waals surface area (Å²) in [7, 11) is 1.75. The fraction of sp³-hybridized carbons (Fsp3) is 0.483. The van der Waals surface area contributed by atoms with Crippen molar-refractivity contribution in [1.82, 2.24) is 24.7 Å². The van der Waals surface area contributed by atoms with Gasteiger partial charge in [-0.3, -0.25) is 9.78 Å². The van der Waals surface area contributed by atoms with Crippen molar-refractivity contribution in [3.05, 3.63) is 59.5 Å². The summed E-state index contributed by atoms with van der Waals surface area (Å²) in [6, 6.07) is 10.1. The third-order valence-corrected chi connectivity index (χ3v) is 8.08. The molecule has 3 aromatic rings. The van der Waals surface area contributed by atoms with Gasteiger partial charge in [-0.25, -0.2) is 4.79 Å². The molecule has 2 aliphatic heterocycles. The molecule has 2 aliphatic rings. The third kappa shape index (κ3) is 7.50. The summed E-state index contributed by atoms with van der Waals surface area (Å²) in [4.78, 5) is 30.1. The van der Waals surface area contributed by atoms with Crippen LogP contribution in [0.15, 0.2) is 48.9 Å². The van der Waals surface area contributed by atoms with Crippen LogP contribution in [0.3, 0.4) is 0 Å². The molecule has 10 heteroatoms. The van der Waals surface area contributed by atoms with Crippen molar-refractivity contribution in [1.29, 1.82) is 0 Å². The predicted octanol–water partition coefficient (Wildman–Crippen LogP) is 4.63. The van der Waals surface area contributed by atoms with Crippen LogP contribution >= 0.6 is 11.6 Å². The normalized spacial score (nSPS) is 17.0. The molecule has 0 aliphatic carbocycles. The number of methoxy groups -OCH3 is 1. The highest BCUT2D eigenvalue weighted by Gasteiger charge is 2.27. The van der Waals surface area contributed by atoms with Gasteiger partial charge in [-0.15, -0.1) is 0 Å². The summed E-state index contributed by atoms with van der Waals surface area (Å²) in [5, 5.41) is 12.1. The molecule has 2 amide bonds. The van der Waals surface area contributed by atoms with E-state index in [1.165, 1.54) is 10.9 Å². The summed E-state index contributed by atoms with van der Waals surface area (Å²) >= 11 is 6.11. The fourth-order valence-corrected chi connectivity index (χ4v) is 5.74. The van der Waals surface area contributed by atoms with Gasteiger partial charge in [-0.05, 0) is 86.5 Å². The first-order chi connectivity index (χ1) is 19.0. The fourth-order valence-electron chi connectivity index (χ4n) is 5.61. The first-order valence-corrected chi connectivity index (χ1v) is 13.9. The highest BCUT2D eigenvalue weighted by molar-refractivity contribution is 6.30. The van der Waals surface area contributed by atoms with E-state index < -0.39 is 0 Å². The molecule has 1 aromatic carbocycles. The maximum atomic E-state index is 12.9. The van der Waals surface area contributed by atoms with E-state index in [4.69, 9.17) is 26.2 Å². The molecular formula is C29H38ClN5O4. The molecule has 39 heavy (non-hydrogen) atoms. The number of nitrogens with one attached hydrogen (secondary N) is 1. The van der Waals surface area contributed by atoms with Gasteiger partial charge in [0, 0.05) is 61.8 Å². The molecule has 2 fully saturated rings. The Kier molecular flexibility index (Phi) is 10.6. The molecule has 2 aromatic heterocycles. The number of fused-ring (bicyclic) bond motifs is 1. The molecule has 0 unspecified atom stereocenters. The van der Waals surface area contributed by atoms with Crippen LogP contribution in [-0.4, -0.2) is 89.9 Å². The lowest BCUT2D eigenvalue weighted by Crippen LogP contribution is -2.46. The van der Waals surface area contributed by atoms with Crippen molar-refractivity contribution >= 4 is 35.0 Å². The van der Waals surface area contributed by atoms with Crippen molar-refractivity contribution in [3.8, 4) is 5.69 Å². The number of piperidine rings is 2. The van der Waals surface area contributed by atoms with E-state index in [9.17, 15) is 4.79 Å². The van der Waals surface area contributed by atoms with Crippen molar-refractivity contribution in [2.24, 2.45) is 5.92 Å². The van der Waals surface area contributed by atoms with Gasteiger partial charge in [0.25, 0.3) is 6.47 Å². The second-order valence-electron chi connectivity index (χ2n) is 10.2. The molecule has 2 N–H and O–H groups in total. The van der Waals surface area contributed by atoms with Crippen LogP contribution in [-0.2, 0) is 9.53 Å². The molecule has 9 nitrogen and oxygen atoms in total. The van der Waals surface area contributed by atoms with E-state index >= 15 is 0 Å². The number of nitrogens with zero attached hydrogens (tertiary/aromatic N) is 4. The maximum absolute atomic E-state index is 12.9. The van der Waals surface area contributed by atoms with Gasteiger partial charge in [0.1, 0.15) is 0 Å². The minimum atomic E-state index is -0.250. The average Bonchev–Trinajstić information content (AvgIpc) is 3.36. The number of amides is 2. The molecule has 5 rings (SSSR count). The standard InChI is InChI=1S/C28H36ClN5O2.CH2O2/c1-36-17-16-32-12-7-21(8-13-32)18-31-28(35)33-14-9-22(10-15-33)26-20-34(24-4-2-23(29)3-5-24)27-19-30-11-6-25(26)27;2-1-3/h2-6,11,19-22H,7-10,12-18H2,1H3,(H,31,35);1H,(H,2,3). The highest BCUT2D eigenvalue weighted by Crippen LogP contribution is 2.35. The number of ether oxygens (including phenoxy) is 1. The van der Waals surface area contributed by atoms with E-state index in [1.807, 2.05) is 41.6 Å². The first-order valence-electron chi connectivity index (χ1n) is 13.6. The topological polar surface area (TPSA) is 99.9 Å². The van der Waals surface area contributed by atoms with Crippen LogP contribution in [0.1, 0.15) is 37.2 Å². The van der Waals surface area contributed by atoms with Crippen LogP contribution in [0.25, 0.3) is 16.6 Å². The number of urea groups is 1. The minimum absolute atomic E-state index is 0.0862. The summed E-state index contributed by atoms with van der Waals surface area (Å²) in [6.07, 6.45) is 10.2. The number of hydrogen-bond donors (Lipinski definition) is 2. The quantitative estimate of drug-likeness (QED) is 0.412. The highest BCUT2D eigenvalue weighted by atomic mass is 35.5. The lowest BCUT2D eigenvalue weighted by molar-refractivity contribution is -0.122. The predicted molar refractivity (Wildman–Crippen MR) is 153 cm³/mol. The SMILES string of the molecule is COCCN1CCC(CNC(=O)N2CCC(c3cn(-c4ccc(Cl)cc4)c4cnccc34)CC2)CC1.O=CO. The van der Waals surface area contributed by atoms with E-state index in [1.54, 1.807) is 7.11 Å². The Labute approximate surface area is 234 Å².